The summed E-state index contributed by atoms with van der Waals surface area (Å²) in [7, 11) is 0. The third-order valence-electron chi connectivity index (χ3n) is 1.25. The first-order valence-corrected chi connectivity index (χ1v) is 4.14. The van der Waals surface area contributed by atoms with Crippen molar-refractivity contribution in [1.82, 2.24) is 24.8 Å². The molecule has 60 valence electrons. The Morgan fingerprint density at radius 1 is 1.17 bits per heavy atom. The number of aryl methyl sites for hydroxylation is 1. The van der Waals surface area contributed by atoms with Crippen molar-refractivity contribution in [1.29, 1.82) is 0 Å². The lowest BCUT2D eigenvalue weighted by Gasteiger charge is -1.90. The number of nitrogens with zero attached hydrogens (tertiary/aromatic N) is 5. The van der Waals surface area contributed by atoms with Crippen LogP contribution in [0.15, 0.2) is 11.4 Å². The van der Waals surface area contributed by atoms with Crippen LogP contribution in [-0.4, -0.2) is 24.8 Å². The van der Waals surface area contributed by atoms with Crippen LogP contribution in [-0.2, 0) is 0 Å². The van der Waals surface area contributed by atoms with Gasteiger partial charge in [-0.1, -0.05) is 0 Å². The smallest absolute Gasteiger partial charge is 0.189 e. The molecule has 2 aromatic heterocycles. The van der Waals surface area contributed by atoms with Crippen LogP contribution in [0.25, 0.3) is 11.5 Å². The van der Waals surface area contributed by atoms with Gasteiger partial charge in [-0.25, -0.2) is 0 Å². The minimum absolute atomic E-state index is 0.474. The van der Waals surface area contributed by atoms with Gasteiger partial charge in [-0.3, -0.25) is 0 Å². The highest BCUT2D eigenvalue weighted by Crippen LogP contribution is 2.10. The average molecular weight is 179 g/mol. The largest absolute Gasteiger partial charge is 0.223 e. The van der Waals surface area contributed by atoms with Crippen molar-refractivity contribution in [3.63, 3.8) is 0 Å². The minimum atomic E-state index is 0.474. The van der Waals surface area contributed by atoms with Crippen LogP contribution in [0.2, 0.25) is 0 Å². The lowest BCUT2D eigenvalue weighted by Crippen LogP contribution is -1.98. The molecule has 0 aliphatic carbocycles. The van der Waals surface area contributed by atoms with E-state index in [1.165, 1.54) is 11.5 Å². The van der Waals surface area contributed by atoms with E-state index in [1.807, 2.05) is 11.4 Å². The molecule has 0 N–H and O–H groups in total. The molecule has 0 aliphatic rings. The maximum absolute atomic E-state index is 4.05. The van der Waals surface area contributed by atoms with Gasteiger partial charge in [0.2, 0.25) is 5.82 Å². The molecule has 5 nitrogen and oxygen atoms in total. The molecule has 0 fully saturated rings. The van der Waals surface area contributed by atoms with Crippen molar-refractivity contribution in [3.8, 4) is 11.5 Å². The summed E-state index contributed by atoms with van der Waals surface area (Å²) in [6.45, 7) is 1.74. The van der Waals surface area contributed by atoms with Gasteiger partial charge < -0.3 is 0 Å². The Morgan fingerprint density at radius 3 is 2.50 bits per heavy atom. The summed E-state index contributed by atoms with van der Waals surface area (Å²) < 4.78 is 4.05. The summed E-state index contributed by atoms with van der Waals surface area (Å²) in [5, 5.41) is 17.1. The molecule has 0 spiro atoms. The molecule has 0 saturated carbocycles. The SMILES string of the molecule is Cc1nnc(-c2ccsn2)nn1. The fraction of sp³-hybridized carbons (Fsp3) is 0.167. The van der Waals surface area contributed by atoms with Crippen LogP contribution >= 0.6 is 11.5 Å². The molecule has 6 heteroatoms. The van der Waals surface area contributed by atoms with Gasteiger partial charge in [0.1, 0.15) is 5.69 Å². The number of aromatic nitrogens is 5. The zero-order chi connectivity index (χ0) is 8.39. The normalized spacial score (nSPS) is 10.1. The molecule has 0 aliphatic heterocycles. The van der Waals surface area contributed by atoms with Crippen molar-refractivity contribution < 1.29 is 0 Å². The Kier molecular flexibility index (Phi) is 1.75. The molecule has 2 rings (SSSR count). The van der Waals surface area contributed by atoms with E-state index in [0.717, 1.165) is 5.69 Å². The molecular weight excluding hydrogens is 174 g/mol. The van der Waals surface area contributed by atoms with Crippen LogP contribution < -0.4 is 0 Å². The first kappa shape index (κ1) is 7.23. The number of hydrogen-bond acceptors (Lipinski definition) is 6. The van der Waals surface area contributed by atoms with Crippen molar-refractivity contribution in [3.05, 3.63) is 17.3 Å². The monoisotopic (exact) mass is 179 g/mol. The molecule has 2 heterocycles. The second-order valence-corrected chi connectivity index (χ2v) is 2.82. The second kappa shape index (κ2) is 2.90. The van der Waals surface area contributed by atoms with Crippen LogP contribution in [0.1, 0.15) is 5.82 Å². The van der Waals surface area contributed by atoms with Crippen molar-refractivity contribution in [2.45, 2.75) is 6.92 Å². The van der Waals surface area contributed by atoms with E-state index in [1.54, 1.807) is 6.92 Å². The molecular formula is C6H5N5S. The van der Waals surface area contributed by atoms with E-state index in [0.29, 0.717) is 11.6 Å². The molecule has 0 unspecified atom stereocenters. The Bertz CT molecular complexity index is 354. The summed E-state index contributed by atoms with van der Waals surface area (Å²) in [6.07, 6.45) is 0. The Hall–Kier alpha value is -1.43. The quantitative estimate of drug-likeness (QED) is 0.644. The average Bonchev–Trinajstić information content (AvgIpc) is 2.58. The summed E-state index contributed by atoms with van der Waals surface area (Å²) in [5.74, 6) is 1.04. The molecule has 0 atom stereocenters. The van der Waals surface area contributed by atoms with E-state index in [4.69, 9.17) is 0 Å². The lowest BCUT2D eigenvalue weighted by molar-refractivity contribution is 0.814. The van der Waals surface area contributed by atoms with Gasteiger partial charge in [0.15, 0.2) is 5.82 Å². The maximum atomic E-state index is 4.05. The summed E-state index contributed by atoms with van der Waals surface area (Å²) in [6, 6.07) is 1.83. The van der Waals surface area contributed by atoms with E-state index >= 15 is 0 Å². The fourth-order valence-corrected chi connectivity index (χ4v) is 1.22. The minimum Gasteiger partial charge on any atom is -0.189 e. The highest BCUT2D eigenvalue weighted by atomic mass is 32.1. The number of hydrogen-bond donors (Lipinski definition) is 0. The van der Waals surface area contributed by atoms with Gasteiger partial charge in [-0.05, 0) is 24.5 Å². The predicted molar refractivity (Wildman–Crippen MR) is 43.5 cm³/mol. The first-order chi connectivity index (χ1) is 5.86. The van der Waals surface area contributed by atoms with Crippen LogP contribution in [0.3, 0.4) is 0 Å². The zero-order valence-corrected chi connectivity index (χ0v) is 7.12. The lowest BCUT2D eigenvalue weighted by atomic mass is 10.4. The zero-order valence-electron chi connectivity index (χ0n) is 6.30. The Balaban J connectivity index is 2.43. The summed E-state index contributed by atoms with van der Waals surface area (Å²) >= 11 is 1.35. The van der Waals surface area contributed by atoms with E-state index in [9.17, 15) is 0 Å². The summed E-state index contributed by atoms with van der Waals surface area (Å²) in [5.41, 5.74) is 0.722. The van der Waals surface area contributed by atoms with Gasteiger partial charge >= 0.3 is 0 Å². The Morgan fingerprint density at radius 2 is 1.92 bits per heavy atom. The second-order valence-electron chi connectivity index (χ2n) is 2.16. The first-order valence-electron chi connectivity index (χ1n) is 3.31. The van der Waals surface area contributed by atoms with Gasteiger partial charge in [0, 0.05) is 5.38 Å². The molecule has 0 bridgehead atoms. The maximum Gasteiger partial charge on any atom is 0.223 e. The molecule has 2 aromatic rings. The standard InChI is InChI=1S/C6H5N5S/c1-4-7-9-6(10-8-4)5-2-3-12-11-5/h2-3H,1H3. The van der Waals surface area contributed by atoms with E-state index < -0.39 is 0 Å². The van der Waals surface area contributed by atoms with Crippen molar-refractivity contribution in [2.75, 3.05) is 0 Å². The van der Waals surface area contributed by atoms with Crippen molar-refractivity contribution >= 4 is 11.5 Å². The third-order valence-corrected chi connectivity index (χ3v) is 1.81. The van der Waals surface area contributed by atoms with E-state index in [-0.39, 0.29) is 0 Å². The van der Waals surface area contributed by atoms with Gasteiger partial charge in [-0.15, -0.1) is 20.4 Å². The van der Waals surface area contributed by atoms with Crippen LogP contribution in [0.4, 0.5) is 0 Å². The van der Waals surface area contributed by atoms with Crippen molar-refractivity contribution in [2.24, 2.45) is 0 Å². The summed E-state index contributed by atoms with van der Waals surface area (Å²) in [4.78, 5) is 0. The van der Waals surface area contributed by atoms with Gasteiger partial charge in [-0.2, -0.15) is 4.37 Å². The van der Waals surface area contributed by atoms with Gasteiger partial charge in [0.05, 0.1) is 0 Å². The molecule has 0 amide bonds. The van der Waals surface area contributed by atoms with Gasteiger partial charge in [0.25, 0.3) is 0 Å². The molecule has 0 aromatic carbocycles. The highest BCUT2D eigenvalue weighted by Gasteiger charge is 2.03. The fourth-order valence-electron chi connectivity index (χ4n) is 0.710. The topological polar surface area (TPSA) is 64.5 Å². The molecule has 12 heavy (non-hydrogen) atoms. The highest BCUT2D eigenvalue weighted by molar-refractivity contribution is 7.03. The molecule has 0 saturated heterocycles. The number of rotatable bonds is 1. The van der Waals surface area contributed by atoms with Crippen LogP contribution in [0.5, 0.6) is 0 Å². The van der Waals surface area contributed by atoms with E-state index in [2.05, 4.69) is 24.8 Å². The van der Waals surface area contributed by atoms with Crippen LogP contribution in [0, 0.1) is 6.92 Å². The predicted octanol–water partition coefficient (Wildman–Crippen LogP) is 0.699. The molecule has 0 radical (unpaired) electrons. The Labute approximate surface area is 72.7 Å². The third kappa shape index (κ3) is 1.28.